The lowest BCUT2D eigenvalue weighted by Gasteiger charge is -2.35. The highest BCUT2D eigenvalue weighted by Crippen LogP contribution is 2.44. The van der Waals surface area contributed by atoms with E-state index in [-0.39, 0.29) is 11.4 Å². The van der Waals surface area contributed by atoms with E-state index in [0.717, 1.165) is 19.6 Å². The third kappa shape index (κ3) is 4.38. The number of likely N-dealkylation sites (tertiary alicyclic amines) is 1. The zero-order valence-electron chi connectivity index (χ0n) is 15.5. The number of nitrogens with zero attached hydrogens (tertiary/aromatic N) is 1. The van der Waals surface area contributed by atoms with Gasteiger partial charge in [-0.05, 0) is 76.9 Å². The molecule has 1 heterocycles. The molecule has 1 aromatic rings. The second-order valence-corrected chi connectivity index (χ2v) is 8.34. The predicted molar refractivity (Wildman–Crippen MR) is 99.2 cm³/mol. The summed E-state index contributed by atoms with van der Waals surface area (Å²) >= 11 is 0. The van der Waals surface area contributed by atoms with Gasteiger partial charge < -0.3 is 5.32 Å². The van der Waals surface area contributed by atoms with Crippen molar-refractivity contribution in [1.82, 2.24) is 10.2 Å². The Balaban J connectivity index is 1.55. The lowest BCUT2D eigenvalue weighted by Crippen LogP contribution is -2.50. The van der Waals surface area contributed by atoms with Crippen LogP contribution in [0.2, 0.25) is 0 Å². The van der Waals surface area contributed by atoms with Crippen LogP contribution in [-0.2, 0) is 4.79 Å². The van der Waals surface area contributed by atoms with Crippen molar-refractivity contribution in [3.63, 3.8) is 0 Å². The van der Waals surface area contributed by atoms with Gasteiger partial charge >= 0.3 is 0 Å². The Morgan fingerprint density at radius 3 is 2.42 bits per heavy atom. The van der Waals surface area contributed by atoms with Crippen LogP contribution in [0, 0.1) is 12.8 Å². The number of carbonyl (C=O) groups is 1. The molecule has 24 heavy (non-hydrogen) atoms. The molecule has 1 saturated carbocycles. The van der Waals surface area contributed by atoms with E-state index in [1.165, 1.54) is 36.8 Å². The van der Waals surface area contributed by atoms with E-state index in [0.29, 0.717) is 18.3 Å². The molecule has 3 rings (SSSR count). The number of hydrogen-bond acceptors (Lipinski definition) is 2. The Bertz CT molecular complexity index is 554. The summed E-state index contributed by atoms with van der Waals surface area (Å²) in [6, 6.07) is 8.75. The number of benzene rings is 1. The number of nitrogens with one attached hydrogen (secondary N) is 1. The molecule has 1 saturated heterocycles. The molecule has 132 valence electrons. The van der Waals surface area contributed by atoms with Crippen molar-refractivity contribution in [3.05, 3.63) is 35.4 Å². The molecule has 1 N–H and O–H groups in total. The van der Waals surface area contributed by atoms with Gasteiger partial charge in [0.1, 0.15) is 0 Å². The fourth-order valence-corrected chi connectivity index (χ4v) is 3.89. The minimum atomic E-state index is 0.0606. The Labute approximate surface area is 146 Å². The van der Waals surface area contributed by atoms with Gasteiger partial charge in [-0.3, -0.25) is 9.69 Å². The average Bonchev–Trinajstić information content (AvgIpc) is 3.24. The SMILES string of the molecule is Cc1ccc(C(CC(=O)NCC(C)(C)N2CCCC2)C2CC2)cc1. The second-order valence-electron chi connectivity index (χ2n) is 8.34. The van der Waals surface area contributed by atoms with E-state index in [9.17, 15) is 4.79 Å². The van der Waals surface area contributed by atoms with Crippen LogP contribution in [0.25, 0.3) is 0 Å². The molecule has 0 aromatic heterocycles. The van der Waals surface area contributed by atoms with Crippen LogP contribution in [0.5, 0.6) is 0 Å². The van der Waals surface area contributed by atoms with Gasteiger partial charge in [-0.1, -0.05) is 29.8 Å². The Kier molecular flexibility index (Phi) is 5.29. The molecule has 0 bridgehead atoms. The molecule has 2 aliphatic rings. The Morgan fingerprint density at radius 2 is 1.83 bits per heavy atom. The third-order valence-electron chi connectivity index (χ3n) is 5.78. The van der Waals surface area contributed by atoms with Gasteiger partial charge in [-0.15, -0.1) is 0 Å². The van der Waals surface area contributed by atoms with Crippen molar-refractivity contribution in [2.75, 3.05) is 19.6 Å². The summed E-state index contributed by atoms with van der Waals surface area (Å²) in [6.45, 7) is 9.68. The highest BCUT2D eigenvalue weighted by Gasteiger charge is 2.34. The summed E-state index contributed by atoms with van der Waals surface area (Å²) in [5.74, 6) is 1.30. The number of hydrogen-bond donors (Lipinski definition) is 1. The Morgan fingerprint density at radius 1 is 1.21 bits per heavy atom. The summed E-state index contributed by atoms with van der Waals surface area (Å²) in [5, 5.41) is 3.21. The molecule has 3 heteroatoms. The third-order valence-corrected chi connectivity index (χ3v) is 5.78. The lowest BCUT2D eigenvalue weighted by atomic mass is 9.90. The fraction of sp³-hybridized carbons (Fsp3) is 0.667. The van der Waals surface area contributed by atoms with E-state index in [1.54, 1.807) is 0 Å². The van der Waals surface area contributed by atoms with E-state index in [1.807, 2.05) is 0 Å². The molecule has 1 aromatic carbocycles. The van der Waals surface area contributed by atoms with Crippen LogP contribution in [-0.4, -0.2) is 36.0 Å². The summed E-state index contributed by atoms with van der Waals surface area (Å²) < 4.78 is 0. The summed E-state index contributed by atoms with van der Waals surface area (Å²) in [7, 11) is 0. The number of amides is 1. The van der Waals surface area contributed by atoms with Crippen molar-refractivity contribution in [3.8, 4) is 0 Å². The first kappa shape index (κ1) is 17.5. The van der Waals surface area contributed by atoms with Gasteiger partial charge in [0, 0.05) is 18.5 Å². The first-order valence-corrected chi connectivity index (χ1v) is 9.54. The molecule has 3 nitrogen and oxygen atoms in total. The predicted octanol–water partition coefficient (Wildman–Crippen LogP) is 3.87. The standard InChI is InChI=1S/C21H32N2O/c1-16-6-8-17(9-7-16)19(18-10-11-18)14-20(24)22-15-21(2,3)23-12-4-5-13-23/h6-9,18-19H,4-5,10-15H2,1-3H3,(H,22,24). The van der Waals surface area contributed by atoms with E-state index in [4.69, 9.17) is 0 Å². The maximum absolute atomic E-state index is 12.6. The van der Waals surface area contributed by atoms with Crippen LogP contribution in [0.3, 0.4) is 0 Å². The summed E-state index contributed by atoms with van der Waals surface area (Å²) in [5.41, 5.74) is 2.67. The molecule has 1 aliphatic carbocycles. The molecule has 1 unspecified atom stereocenters. The van der Waals surface area contributed by atoms with Crippen LogP contribution < -0.4 is 5.32 Å². The van der Waals surface area contributed by atoms with Crippen molar-refractivity contribution >= 4 is 5.91 Å². The van der Waals surface area contributed by atoms with Crippen molar-refractivity contribution in [2.45, 2.75) is 64.3 Å². The topological polar surface area (TPSA) is 32.3 Å². The van der Waals surface area contributed by atoms with Gasteiger partial charge in [0.2, 0.25) is 5.91 Å². The molecule has 0 radical (unpaired) electrons. The zero-order valence-corrected chi connectivity index (χ0v) is 15.5. The normalized spacial score (nSPS) is 20.1. The summed E-state index contributed by atoms with van der Waals surface area (Å²) in [4.78, 5) is 15.1. The number of aryl methyl sites for hydroxylation is 1. The Hall–Kier alpha value is -1.35. The minimum absolute atomic E-state index is 0.0606. The maximum Gasteiger partial charge on any atom is 0.220 e. The molecule has 1 amide bonds. The minimum Gasteiger partial charge on any atom is -0.354 e. The van der Waals surface area contributed by atoms with Crippen LogP contribution in [0.1, 0.15) is 63.0 Å². The highest BCUT2D eigenvalue weighted by atomic mass is 16.1. The molecule has 2 fully saturated rings. The first-order chi connectivity index (χ1) is 11.5. The van der Waals surface area contributed by atoms with Crippen LogP contribution in [0.15, 0.2) is 24.3 Å². The van der Waals surface area contributed by atoms with Crippen molar-refractivity contribution in [1.29, 1.82) is 0 Å². The van der Waals surface area contributed by atoms with E-state index < -0.39 is 0 Å². The fourth-order valence-electron chi connectivity index (χ4n) is 3.89. The van der Waals surface area contributed by atoms with Gasteiger partial charge in [0.15, 0.2) is 0 Å². The van der Waals surface area contributed by atoms with Gasteiger partial charge in [0.25, 0.3) is 0 Å². The van der Waals surface area contributed by atoms with Crippen LogP contribution in [0.4, 0.5) is 0 Å². The van der Waals surface area contributed by atoms with Gasteiger partial charge in [0.05, 0.1) is 0 Å². The van der Waals surface area contributed by atoms with Crippen LogP contribution >= 0.6 is 0 Å². The zero-order chi connectivity index (χ0) is 17.2. The number of carbonyl (C=O) groups excluding carboxylic acids is 1. The van der Waals surface area contributed by atoms with Gasteiger partial charge in [-0.2, -0.15) is 0 Å². The highest BCUT2D eigenvalue weighted by molar-refractivity contribution is 5.77. The van der Waals surface area contributed by atoms with Crippen molar-refractivity contribution < 1.29 is 4.79 Å². The molecular weight excluding hydrogens is 296 g/mol. The lowest BCUT2D eigenvalue weighted by molar-refractivity contribution is -0.122. The largest absolute Gasteiger partial charge is 0.354 e. The quantitative estimate of drug-likeness (QED) is 0.824. The van der Waals surface area contributed by atoms with E-state index >= 15 is 0 Å². The average molecular weight is 329 g/mol. The second kappa shape index (κ2) is 7.26. The summed E-state index contributed by atoms with van der Waals surface area (Å²) in [6.07, 6.45) is 5.74. The monoisotopic (exact) mass is 328 g/mol. The molecule has 1 atom stereocenters. The first-order valence-electron chi connectivity index (χ1n) is 9.54. The smallest absolute Gasteiger partial charge is 0.220 e. The van der Waals surface area contributed by atoms with Crippen molar-refractivity contribution in [2.24, 2.45) is 5.92 Å². The molecule has 0 spiro atoms. The number of rotatable bonds is 7. The van der Waals surface area contributed by atoms with E-state index in [2.05, 4.69) is 55.3 Å². The molecule has 1 aliphatic heterocycles. The van der Waals surface area contributed by atoms with Gasteiger partial charge in [-0.25, -0.2) is 0 Å². The molecular formula is C21H32N2O. The maximum atomic E-state index is 12.6.